The number of hydrogen-bond donors (Lipinski definition) is 1. The van der Waals surface area contributed by atoms with Gasteiger partial charge in [0, 0.05) is 6.20 Å². The van der Waals surface area contributed by atoms with Crippen LogP contribution in [0.3, 0.4) is 0 Å². The monoisotopic (exact) mass is 353 g/mol. The molecular formula is C15H19N3O5S. The molecule has 0 atom stereocenters. The molecule has 0 unspecified atom stereocenters. The summed E-state index contributed by atoms with van der Waals surface area (Å²) in [7, 11) is -3.73. The molecule has 1 aromatic carbocycles. The molecule has 2 rings (SSSR count). The number of carbonyl (C=O) groups is 1. The van der Waals surface area contributed by atoms with E-state index < -0.39 is 21.7 Å². The molecule has 0 bridgehead atoms. The van der Waals surface area contributed by atoms with Crippen LogP contribution in [0.25, 0.3) is 0 Å². The van der Waals surface area contributed by atoms with Crippen LogP contribution < -0.4 is 9.88 Å². The molecule has 0 fully saturated rings. The second-order valence-corrected chi connectivity index (χ2v) is 7.62. The van der Waals surface area contributed by atoms with Crippen molar-refractivity contribution >= 4 is 16.1 Å². The Morgan fingerprint density at radius 3 is 2.42 bits per heavy atom. The number of ether oxygens (including phenoxy) is 2. The highest BCUT2D eigenvalue weighted by molar-refractivity contribution is 7.89. The van der Waals surface area contributed by atoms with Crippen LogP contribution >= 0.6 is 0 Å². The second-order valence-electron chi connectivity index (χ2n) is 6.06. The molecule has 24 heavy (non-hydrogen) atoms. The van der Waals surface area contributed by atoms with Gasteiger partial charge in [-0.3, -0.25) is 0 Å². The van der Waals surface area contributed by atoms with Crippen molar-refractivity contribution in [2.24, 2.45) is 5.14 Å². The van der Waals surface area contributed by atoms with Gasteiger partial charge in [0.15, 0.2) is 0 Å². The van der Waals surface area contributed by atoms with Crippen LogP contribution in [0, 0.1) is 0 Å². The highest BCUT2D eigenvalue weighted by Crippen LogP contribution is 2.16. The summed E-state index contributed by atoms with van der Waals surface area (Å²) in [5, 5.41) is 5.02. The van der Waals surface area contributed by atoms with Crippen molar-refractivity contribution in [2.45, 2.75) is 37.9 Å². The normalized spacial score (nSPS) is 12.0. The van der Waals surface area contributed by atoms with Gasteiger partial charge in [0.2, 0.25) is 10.0 Å². The Balaban J connectivity index is 1.97. The number of aromatic nitrogens is 2. The highest BCUT2D eigenvalue weighted by Gasteiger charge is 2.18. The van der Waals surface area contributed by atoms with E-state index in [9.17, 15) is 13.2 Å². The third-order valence-electron chi connectivity index (χ3n) is 2.78. The zero-order valence-corrected chi connectivity index (χ0v) is 14.4. The predicted molar refractivity (Wildman–Crippen MR) is 86.0 cm³/mol. The maximum Gasteiger partial charge on any atom is 0.419 e. The number of nitrogens with two attached hydrogens (primary N) is 1. The van der Waals surface area contributed by atoms with Crippen molar-refractivity contribution < 1.29 is 22.7 Å². The molecule has 1 aromatic heterocycles. The van der Waals surface area contributed by atoms with Crippen molar-refractivity contribution in [1.29, 1.82) is 0 Å². The summed E-state index contributed by atoms with van der Waals surface area (Å²) < 4.78 is 34.3. The van der Waals surface area contributed by atoms with Crippen molar-refractivity contribution in [3.8, 4) is 5.75 Å². The van der Waals surface area contributed by atoms with Gasteiger partial charge in [-0.1, -0.05) is 0 Å². The zero-order valence-electron chi connectivity index (χ0n) is 13.6. The van der Waals surface area contributed by atoms with Crippen LogP contribution in [0.5, 0.6) is 5.75 Å². The van der Waals surface area contributed by atoms with E-state index in [-0.39, 0.29) is 11.5 Å². The van der Waals surface area contributed by atoms with E-state index in [0.717, 1.165) is 0 Å². The average Bonchev–Trinajstić information content (AvgIpc) is 2.92. The first-order chi connectivity index (χ1) is 11.0. The van der Waals surface area contributed by atoms with Gasteiger partial charge in [0.1, 0.15) is 24.3 Å². The maximum absolute atomic E-state index is 11.9. The van der Waals surface area contributed by atoms with Gasteiger partial charge in [-0.05, 0) is 45.0 Å². The molecule has 0 saturated carbocycles. The summed E-state index contributed by atoms with van der Waals surface area (Å²) in [6.45, 7) is 5.44. The summed E-state index contributed by atoms with van der Waals surface area (Å²) in [5.41, 5.74) is -0.0697. The lowest BCUT2D eigenvalue weighted by molar-refractivity contribution is 0.0536. The van der Waals surface area contributed by atoms with Crippen LogP contribution in [0.1, 0.15) is 26.5 Å². The minimum Gasteiger partial charge on any atom is -0.487 e. The highest BCUT2D eigenvalue weighted by atomic mass is 32.2. The SMILES string of the molecule is CC(C)(C)OC(=O)n1cnc(COc2ccc(S(N)(=O)=O)cc2)c1. The first-order valence-corrected chi connectivity index (χ1v) is 8.61. The minimum atomic E-state index is -3.73. The zero-order chi connectivity index (χ0) is 18.0. The lowest BCUT2D eigenvalue weighted by Gasteiger charge is -2.19. The van der Waals surface area contributed by atoms with Crippen LogP contribution in [0.15, 0.2) is 41.7 Å². The lowest BCUT2D eigenvalue weighted by atomic mass is 10.2. The van der Waals surface area contributed by atoms with E-state index in [0.29, 0.717) is 11.4 Å². The molecule has 130 valence electrons. The standard InChI is InChI=1S/C15H19N3O5S/c1-15(2,3)23-14(19)18-8-11(17-10-18)9-22-12-4-6-13(7-5-12)24(16,20)21/h4-8,10H,9H2,1-3H3,(H2,16,20,21). The number of sulfonamides is 1. The topological polar surface area (TPSA) is 114 Å². The molecule has 0 aliphatic rings. The van der Waals surface area contributed by atoms with Crippen LogP contribution in [-0.2, 0) is 21.4 Å². The van der Waals surface area contributed by atoms with E-state index in [1.165, 1.54) is 41.4 Å². The fraction of sp³-hybridized carbons (Fsp3) is 0.333. The molecule has 2 aromatic rings. The molecule has 1 heterocycles. The Bertz CT molecular complexity index is 820. The fourth-order valence-electron chi connectivity index (χ4n) is 1.74. The summed E-state index contributed by atoms with van der Waals surface area (Å²) in [6, 6.07) is 5.68. The van der Waals surface area contributed by atoms with Gasteiger partial charge >= 0.3 is 6.09 Å². The smallest absolute Gasteiger partial charge is 0.419 e. The number of rotatable bonds is 4. The average molecular weight is 353 g/mol. The molecule has 2 N–H and O–H groups in total. The van der Waals surface area contributed by atoms with Gasteiger partial charge in [-0.2, -0.15) is 0 Å². The van der Waals surface area contributed by atoms with Crippen LogP contribution in [0.2, 0.25) is 0 Å². The summed E-state index contributed by atoms with van der Waals surface area (Å²) in [4.78, 5) is 15.9. The summed E-state index contributed by atoms with van der Waals surface area (Å²) >= 11 is 0. The van der Waals surface area contributed by atoms with Crippen molar-refractivity contribution in [2.75, 3.05) is 0 Å². The van der Waals surface area contributed by atoms with Crippen LogP contribution in [-0.4, -0.2) is 29.7 Å². The van der Waals surface area contributed by atoms with Gasteiger partial charge < -0.3 is 9.47 Å². The molecular weight excluding hydrogens is 334 g/mol. The largest absolute Gasteiger partial charge is 0.487 e. The Hall–Kier alpha value is -2.39. The van der Waals surface area contributed by atoms with Gasteiger partial charge in [-0.25, -0.2) is 27.9 Å². The number of carbonyl (C=O) groups excluding carboxylic acids is 1. The van der Waals surface area contributed by atoms with E-state index in [4.69, 9.17) is 14.6 Å². The second kappa shape index (κ2) is 6.62. The van der Waals surface area contributed by atoms with Gasteiger partial charge in [0.25, 0.3) is 0 Å². The number of nitrogens with zero attached hydrogens (tertiary/aromatic N) is 2. The number of primary sulfonamides is 1. The summed E-state index contributed by atoms with van der Waals surface area (Å²) in [6.07, 6.45) is 2.32. The molecule has 0 aliphatic carbocycles. The summed E-state index contributed by atoms with van der Waals surface area (Å²) in [5.74, 6) is 0.453. The lowest BCUT2D eigenvalue weighted by Crippen LogP contribution is -2.26. The van der Waals surface area contributed by atoms with Crippen molar-refractivity contribution in [3.63, 3.8) is 0 Å². The van der Waals surface area contributed by atoms with Crippen LogP contribution in [0.4, 0.5) is 4.79 Å². The first-order valence-electron chi connectivity index (χ1n) is 7.06. The Kier molecular flexibility index (Phi) is 4.95. The molecule has 0 spiro atoms. The molecule has 0 aliphatic heterocycles. The Labute approximate surface area is 140 Å². The molecule has 9 heteroatoms. The fourth-order valence-corrected chi connectivity index (χ4v) is 2.25. The van der Waals surface area contributed by atoms with E-state index in [1.54, 1.807) is 20.8 Å². The van der Waals surface area contributed by atoms with Gasteiger partial charge in [-0.15, -0.1) is 0 Å². The number of benzene rings is 1. The maximum atomic E-state index is 11.9. The number of imidazole rings is 1. The van der Waals surface area contributed by atoms with E-state index in [2.05, 4.69) is 4.98 Å². The van der Waals surface area contributed by atoms with E-state index in [1.807, 2.05) is 0 Å². The van der Waals surface area contributed by atoms with Gasteiger partial charge in [0.05, 0.1) is 10.6 Å². The first kappa shape index (κ1) is 18.0. The quantitative estimate of drug-likeness (QED) is 0.898. The molecule has 0 amide bonds. The van der Waals surface area contributed by atoms with Crippen molar-refractivity contribution in [3.05, 3.63) is 42.5 Å². The molecule has 8 nitrogen and oxygen atoms in total. The third-order valence-corrected chi connectivity index (χ3v) is 3.71. The number of hydrogen-bond acceptors (Lipinski definition) is 6. The Morgan fingerprint density at radius 2 is 1.88 bits per heavy atom. The Morgan fingerprint density at radius 1 is 1.25 bits per heavy atom. The molecule has 0 saturated heterocycles. The third kappa shape index (κ3) is 5.07. The van der Waals surface area contributed by atoms with Crippen molar-refractivity contribution in [1.82, 2.24) is 9.55 Å². The van der Waals surface area contributed by atoms with E-state index >= 15 is 0 Å². The minimum absolute atomic E-state index is 0.00375. The predicted octanol–water partition coefficient (Wildman–Crippen LogP) is 1.89. The molecule has 0 radical (unpaired) electrons.